The van der Waals surface area contributed by atoms with Crippen LogP contribution >= 0.6 is 0 Å². The molecule has 0 aromatic heterocycles. The predicted octanol–water partition coefficient (Wildman–Crippen LogP) is 1.52. The second-order valence-electron chi connectivity index (χ2n) is 4.47. The lowest BCUT2D eigenvalue weighted by Gasteiger charge is -2.30. The molecule has 0 spiro atoms. The first-order chi connectivity index (χ1) is 9.20. The van der Waals surface area contributed by atoms with Gasteiger partial charge in [-0.1, -0.05) is 13.3 Å². The van der Waals surface area contributed by atoms with E-state index in [1.54, 1.807) is 12.2 Å². The number of alkyl halides is 3. The van der Waals surface area contributed by atoms with Crippen LogP contribution in [0.2, 0.25) is 0 Å². The summed E-state index contributed by atoms with van der Waals surface area (Å²) in [5, 5.41) is 12.5. The third kappa shape index (κ3) is 2.48. The Labute approximate surface area is 113 Å². The van der Waals surface area contributed by atoms with E-state index in [0.29, 0.717) is 12.8 Å². The summed E-state index contributed by atoms with van der Waals surface area (Å²) in [6.07, 6.45) is -4.22. The van der Waals surface area contributed by atoms with Crippen LogP contribution in [0.1, 0.15) is 33.1 Å². The molecule has 2 N–H and O–H groups in total. The number of amides is 2. The summed E-state index contributed by atoms with van der Waals surface area (Å²) in [7, 11) is 0. The Hall–Kier alpha value is -2.04. The zero-order valence-electron chi connectivity index (χ0n) is 11.0. The lowest BCUT2D eigenvalue weighted by molar-refractivity contribution is -0.189. The van der Waals surface area contributed by atoms with Crippen LogP contribution in [0.5, 0.6) is 0 Å². The number of halogens is 3. The normalized spacial score (nSPS) is 22.5. The molecule has 0 saturated heterocycles. The molecule has 1 heterocycles. The second kappa shape index (κ2) is 5.53. The molecule has 1 unspecified atom stereocenters. The number of nitriles is 1. The third-order valence-corrected chi connectivity index (χ3v) is 3.01. The largest absolute Gasteiger partial charge is 0.425 e. The van der Waals surface area contributed by atoms with Gasteiger partial charge >= 0.3 is 6.18 Å². The zero-order chi connectivity index (χ0) is 15.6. The van der Waals surface area contributed by atoms with Crippen LogP contribution in [-0.4, -0.2) is 23.5 Å². The summed E-state index contributed by atoms with van der Waals surface area (Å²) in [6.45, 7) is 2.96. The number of hydrogen-bond acceptors (Lipinski definition) is 3. The zero-order valence-corrected chi connectivity index (χ0v) is 11.0. The molecular formula is C12H14F3N3O2. The van der Waals surface area contributed by atoms with Crippen LogP contribution in [0.25, 0.3) is 0 Å². The van der Waals surface area contributed by atoms with Crippen LogP contribution < -0.4 is 10.6 Å². The molecule has 1 rings (SSSR count). The second-order valence-corrected chi connectivity index (χ2v) is 4.47. The van der Waals surface area contributed by atoms with Crippen molar-refractivity contribution in [3.05, 3.63) is 11.3 Å². The Morgan fingerprint density at radius 3 is 2.55 bits per heavy atom. The SMILES string of the molecule is CCCCC(=O)NC1(C(F)(F)F)C(=O)NC(C)=C1C#N. The highest BCUT2D eigenvalue weighted by molar-refractivity contribution is 6.00. The van der Waals surface area contributed by atoms with Gasteiger partial charge in [0.15, 0.2) is 0 Å². The van der Waals surface area contributed by atoms with Crippen molar-refractivity contribution in [2.45, 2.75) is 44.8 Å². The van der Waals surface area contributed by atoms with E-state index in [1.165, 1.54) is 13.0 Å². The molecule has 1 aliphatic rings. The number of nitrogens with one attached hydrogen (secondary N) is 2. The summed E-state index contributed by atoms with van der Waals surface area (Å²) in [5.41, 5.74) is -4.30. The van der Waals surface area contributed by atoms with Crippen molar-refractivity contribution < 1.29 is 22.8 Å². The number of unbranched alkanes of at least 4 members (excludes halogenated alkanes) is 1. The van der Waals surface area contributed by atoms with Crippen LogP contribution in [0.15, 0.2) is 11.3 Å². The van der Waals surface area contributed by atoms with Gasteiger partial charge in [-0.15, -0.1) is 0 Å². The minimum absolute atomic E-state index is 0.140. The van der Waals surface area contributed by atoms with Crippen LogP contribution in [-0.2, 0) is 9.59 Å². The van der Waals surface area contributed by atoms with Crippen molar-refractivity contribution in [3.63, 3.8) is 0 Å². The maximum atomic E-state index is 13.3. The third-order valence-electron chi connectivity index (χ3n) is 3.01. The number of carbonyl (C=O) groups excluding carboxylic acids is 2. The lowest BCUT2D eigenvalue weighted by Crippen LogP contribution is -2.64. The molecule has 0 aromatic carbocycles. The van der Waals surface area contributed by atoms with Gasteiger partial charge in [0.1, 0.15) is 0 Å². The van der Waals surface area contributed by atoms with E-state index in [1.807, 2.05) is 5.32 Å². The van der Waals surface area contributed by atoms with Crippen LogP contribution in [0.3, 0.4) is 0 Å². The molecule has 0 bridgehead atoms. The Kier molecular flexibility index (Phi) is 4.43. The molecule has 0 aliphatic carbocycles. The average molecular weight is 289 g/mol. The minimum atomic E-state index is -5.10. The molecule has 20 heavy (non-hydrogen) atoms. The van der Waals surface area contributed by atoms with Crippen molar-refractivity contribution in [1.29, 1.82) is 5.26 Å². The molecule has 2 amide bonds. The molecule has 1 atom stereocenters. The summed E-state index contributed by atoms with van der Waals surface area (Å²) in [4.78, 5) is 23.3. The smallest absolute Gasteiger partial charge is 0.330 e. The van der Waals surface area contributed by atoms with E-state index in [4.69, 9.17) is 5.26 Å². The lowest BCUT2D eigenvalue weighted by atomic mass is 9.90. The van der Waals surface area contributed by atoms with E-state index >= 15 is 0 Å². The summed E-state index contributed by atoms with van der Waals surface area (Å²) < 4.78 is 39.9. The number of allylic oxidation sites excluding steroid dienone is 1. The molecule has 1 aliphatic heterocycles. The topological polar surface area (TPSA) is 82.0 Å². The molecule has 110 valence electrons. The fourth-order valence-electron chi connectivity index (χ4n) is 1.96. The highest BCUT2D eigenvalue weighted by Crippen LogP contribution is 2.40. The monoisotopic (exact) mass is 289 g/mol. The summed E-state index contributed by atoms with van der Waals surface area (Å²) in [5.74, 6) is -2.37. The van der Waals surface area contributed by atoms with E-state index in [-0.39, 0.29) is 12.1 Å². The fraction of sp³-hybridized carbons (Fsp3) is 0.583. The van der Waals surface area contributed by atoms with E-state index < -0.39 is 29.1 Å². The molecule has 0 saturated carbocycles. The Morgan fingerprint density at radius 2 is 2.10 bits per heavy atom. The molecule has 5 nitrogen and oxygen atoms in total. The maximum Gasteiger partial charge on any atom is 0.425 e. The predicted molar refractivity (Wildman–Crippen MR) is 62.9 cm³/mol. The molecule has 8 heteroatoms. The van der Waals surface area contributed by atoms with E-state index in [0.717, 1.165) is 0 Å². The maximum absolute atomic E-state index is 13.3. The van der Waals surface area contributed by atoms with Gasteiger partial charge in [-0.25, -0.2) is 0 Å². The quantitative estimate of drug-likeness (QED) is 0.823. The first-order valence-corrected chi connectivity index (χ1v) is 6.01. The Balaban J connectivity index is 3.23. The van der Waals surface area contributed by atoms with Gasteiger partial charge in [0.05, 0.1) is 11.6 Å². The highest BCUT2D eigenvalue weighted by Gasteiger charge is 2.67. The van der Waals surface area contributed by atoms with Gasteiger partial charge in [0.25, 0.3) is 11.4 Å². The van der Waals surface area contributed by atoms with Crippen molar-refractivity contribution >= 4 is 11.8 Å². The fourth-order valence-corrected chi connectivity index (χ4v) is 1.96. The van der Waals surface area contributed by atoms with E-state index in [2.05, 4.69) is 0 Å². The summed E-state index contributed by atoms with van der Waals surface area (Å²) in [6, 6.07) is 1.36. The van der Waals surface area contributed by atoms with Crippen molar-refractivity contribution in [1.82, 2.24) is 10.6 Å². The summed E-state index contributed by atoms with van der Waals surface area (Å²) >= 11 is 0. The minimum Gasteiger partial charge on any atom is -0.330 e. The number of nitrogens with zero attached hydrogens (tertiary/aromatic N) is 1. The van der Waals surface area contributed by atoms with Gasteiger partial charge in [0.2, 0.25) is 5.91 Å². The highest BCUT2D eigenvalue weighted by atomic mass is 19.4. The molecule has 0 radical (unpaired) electrons. The molecular weight excluding hydrogens is 275 g/mol. The van der Waals surface area contributed by atoms with Gasteiger partial charge in [-0.05, 0) is 13.3 Å². The Bertz CT molecular complexity index is 505. The molecule has 0 fully saturated rings. The van der Waals surface area contributed by atoms with Gasteiger partial charge in [-0.2, -0.15) is 18.4 Å². The van der Waals surface area contributed by atoms with E-state index in [9.17, 15) is 22.8 Å². The number of rotatable bonds is 4. The number of hydrogen-bond donors (Lipinski definition) is 2. The standard InChI is InChI=1S/C12H14F3N3O2/c1-3-4-5-9(19)18-11(12(13,14)15)8(6-16)7(2)17-10(11)20/h3-5H2,1-2H3,(H,17,20)(H,18,19). The van der Waals surface area contributed by atoms with Crippen molar-refractivity contribution in [2.24, 2.45) is 0 Å². The average Bonchev–Trinajstić information content (AvgIpc) is 2.57. The van der Waals surface area contributed by atoms with Crippen LogP contribution in [0, 0.1) is 11.3 Å². The van der Waals surface area contributed by atoms with Crippen molar-refractivity contribution in [2.75, 3.05) is 0 Å². The van der Waals surface area contributed by atoms with Crippen molar-refractivity contribution in [3.8, 4) is 6.07 Å². The first kappa shape index (κ1) is 16.0. The van der Waals surface area contributed by atoms with Gasteiger partial charge in [0, 0.05) is 12.1 Å². The first-order valence-electron chi connectivity index (χ1n) is 6.01. The van der Waals surface area contributed by atoms with Gasteiger partial charge in [-0.3, -0.25) is 9.59 Å². The number of carbonyl (C=O) groups is 2. The van der Waals surface area contributed by atoms with Crippen LogP contribution in [0.4, 0.5) is 13.2 Å². The molecule has 0 aromatic rings. The Morgan fingerprint density at radius 1 is 1.50 bits per heavy atom. The van der Waals surface area contributed by atoms with Gasteiger partial charge < -0.3 is 10.6 Å².